The van der Waals surface area contributed by atoms with Crippen LogP contribution in [0.25, 0.3) is 0 Å². The number of para-hydroxylation sites is 1. The monoisotopic (exact) mass is 350 g/mol. The maximum atomic E-state index is 12.0. The Hall–Kier alpha value is -2.31. The fourth-order valence-corrected chi connectivity index (χ4v) is 2.45. The number of hydrogen-bond acceptors (Lipinski definition) is 3. The average molecular weight is 351 g/mol. The number of carbonyl (C=O) groups excluding carboxylic acids is 2. The number of likely N-dealkylation sites (N-methyl/N-ethyl adjacent to an activating group) is 1. The minimum Gasteiger partial charge on any atom is -0.467 e. The molecule has 0 radical (unpaired) electrons. The Kier molecular flexibility index (Phi) is 6.40. The molecule has 6 nitrogen and oxygen atoms in total. The molecular weight excluding hydrogens is 330 g/mol. The van der Waals surface area contributed by atoms with Crippen LogP contribution in [0.15, 0.2) is 47.1 Å². The van der Waals surface area contributed by atoms with Crippen LogP contribution in [0.1, 0.15) is 18.7 Å². The zero-order valence-corrected chi connectivity index (χ0v) is 14.4. The largest absolute Gasteiger partial charge is 0.467 e. The van der Waals surface area contributed by atoms with Crippen molar-refractivity contribution in [2.24, 2.45) is 0 Å². The fourth-order valence-electron chi connectivity index (χ4n) is 2.27. The molecule has 128 valence electrons. The Morgan fingerprint density at radius 2 is 1.88 bits per heavy atom. The van der Waals surface area contributed by atoms with E-state index in [4.69, 9.17) is 16.0 Å². The first-order valence-electron chi connectivity index (χ1n) is 7.64. The number of quaternary nitrogens is 1. The zero-order valence-electron chi connectivity index (χ0n) is 13.6. The summed E-state index contributed by atoms with van der Waals surface area (Å²) < 4.78 is 5.25. The summed E-state index contributed by atoms with van der Waals surface area (Å²) in [5.74, 6) is 0.340. The molecule has 0 aliphatic carbocycles. The number of furan rings is 1. The van der Waals surface area contributed by atoms with E-state index in [-0.39, 0.29) is 30.9 Å². The van der Waals surface area contributed by atoms with Crippen LogP contribution >= 0.6 is 11.6 Å². The van der Waals surface area contributed by atoms with Gasteiger partial charge in [-0.1, -0.05) is 23.7 Å². The summed E-state index contributed by atoms with van der Waals surface area (Å²) in [5, 5.41) is 6.06. The smallest absolute Gasteiger partial charge is 0.279 e. The molecule has 0 fully saturated rings. The highest BCUT2D eigenvalue weighted by molar-refractivity contribution is 6.33. The minimum absolute atomic E-state index is 0.151. The van der Waals surface area contributed by atoms with Crippen LogP contribution in [0.4, 0.5) is 5.69 Å². The number of halogens is 1. The summed E-state index contributed by atoms with van der Waals surface area (Å²) in [6.07, 6.45) is 1.56. The molecule has 2 rings (SSSR count). The van der Waals surface area contributed by atoms with Crippen LogP contribution in [-0.4, -0.2) is 32.0 Å². The van der Waals surface area contributed by atoms with Gasteiger partial charge in [-0.3, -0.25) is 9.59 Å². The van der Waals surface area contributed by atoms with Crippen LogP contribution in [0.3, 0.4) is 0 Å². The molecule has 0 spiro atoms. The summed E-state index contributed by atoms with van der Waals surface area (Å²) in [6, 6.07) is 10.4. The second-order valence-corrected chi connectivity index (χ2v) is 6.05. The Morgan fingerprint density at radius 3 is 2.54 bits per heavy atom. The second-order valence-electron chi connectivity index (χ2n) is 5.64. The number of nitrogens with one attached hydrogen (secondary N) is 3. The number of anilines is 1. The van der Waals surface area contributed by atoms with Crippen molar-refractivity contribution in [3.05, 3.63) is 53.4 Å². The van der Waals surface area contributed by atoms with Crippen LogP contribution < -0.4 is 15.5 Å². The molecule has 24 heavy (non-hydrogen) atoms. The molecule has 2 amide bonds. The Morgan fingerprint density at radius 1 is 1.17 bits per heavy atom. The van der Waals surface area contributed by atoms with Crippen LogP contribution in [0.2, 0.25) is 5.02 Å². The van der Waals surface area contributed by atoms with Gasteiger partial charge in [0.2, 0.25) is 0 Å². The van der Waals surface area contributed by atoms with E-state index in [1.165, 1.54) is 0 Å². The Labute approximate surface area is 145 Å². The molecule has 1 aromatic heterocycles. The van der Waals surface area contributed by atoms with Crippen molar-refractivity contribution < 1.29 is 18.9 Å². The first-order valence-corrected chi connectivity index (χ1v) is 8.02. The van der Waals surface area contributed by atoms with Crippen LogP contribution in [-0.2, 0) is 9.59 Å². The topological polar surface area (TPSA) is 75.8 Å². The normalized spacial score (nSPS) is 13.1. The van der Waals surface area contributed by atoms with Crippen molar-refractivity contribution in [3.63, 3.8) is 0 Å². The zero-order chi connectivity index (χ0) is 17.5. The number of benzene rings is 1. The highest BCUT2D eigenvalue weighted by Crippen LogP contribution is 2.19. The molecule has 0 saturated carbocycles. The predicted octanol–water partition coefficient (Wildman–Crippen LogP) is 1.26. The van der Waals surface area contributed by atoms with E-state index < -0.39 is 0 Å². The van der Waals surface area contributed by atoms with Gasteiger partial charge in [0.25, 0.3) is 11.8 Å². The molecule has 2 aromatic rings. The van der Waals surface area contributed by atoms with E-state index in [1.54, 1.807) is 49.7 Å². The minimum atomic E-state index is -0.211. The van der Waals surface area contributed by atoms with Gasteiger partial charge in [0.15, 0.2) is 13.1 Å². The lowest BCUT2D eigenvalue weighted by Crippen LogP contribution is -3.11. The van der Waals surface area contributed by atoms with Crippen molar-refractivity contribution in [1.82, 2.24) is 5.32 Å². The van der Waals surface area contributed by atoms with E-state index in [9.17, 15) is 9.59 Å². The Balaban J connectivity index is 1.77. The summed E-state index contributed by atoms with van der Waals surface area (Å²) in [5.41, 5.74) is 0.563. The summed E-state index contributed by atoms with van der Waals surface area (Å²) >= 11 is 6.00. The molecule has 3 N–H and O–H groups in total. The van der Waals surface area contributed by atoms with Crippen molar-refractivity contribution in [2.45, 2.75) is 13.0 Å². The van der Waals surface area contributed by atoms with Gasteiger partial charge in [-0.25, -0.2) is 0 Å². The molecular formula is C17H21ClN3O3+. The van der Waals surface area contributed by atoms with Gasteiger partial charge in [-0.2, -0.15) is 0 Å². The van der Waals surface area contributed by atoms with Crippen molar-refractivity contribution >= 4 is 29.1 Å². The summed E-state index contributed by atoms with van der Waals surface area (Å²) in [7, 11) is 1.78. The van der Waals surface area contributed by atoms with Gasteiger partial charge >= 0.3 is 0 Å². The van der Waals surface area contributed by atoms with E-state index in [1.807, 2.05) is 6.92 Å². The van der Waals surface area contributed by atoms with E-state index >= 15 is 0 Å². The lowest BCUT2D eigenvalue weighted by Gasteiger charge is -2.16. The van der Waals surface area contributed by atoms with Crippen molar-refractivity contribution in [2.75, 3.05) is 25.5 Å². The van der Waals surface area contributed by atoms with E-state index in [0.29, 0.717) is 16.5 Å². The van der Waals surface area contributed by atoms with Gasteiger partial charge in [0, 0.05) is 0 Å². The molecule has 0 aliphatic heterocycles. The molecule has 7 heteroatoms. The molecule has 0 aliphatic rings. The number of rotatable bonds is 7. The quantitative estimate of drug-likeness (QED) is 0.703. The SMILES string of the molecule is C[C@H](NC(=O)C[NH+](C)CC(=O)Nc1ccccc1Cl)c1ccco1. The third kappa shape index (κ3) is 5.40. The average Bonchev–Trinajstić information content (AvgIpc) is 3.03. The molecule has 2 atom stereocenters. The molecule has 0 saturated heterocycles. The van der Waals surface area contributed by atoms with Crippen LogP contribution in [0.5, 0.6) is 0 Å². The predicted molar refractivity (Wildman–Crippen MR) is 92.0 cm³/mol. The van der Waals surface area contributed by atoms with Crippen LogP contribution in [0, 0.1) is 0 Å². The first kappa shape index (κ1) is 18.0. The van der Waals surface area contributed by atoms with E-state index in [0.717, 1.165) is 4.90 Å². The summed E-state index contributed by atoms with van der Waals surface area (Å²) in [6.45, 7) is 2.19. The second kappa shape index (κ2) is 8.52. The molecule has 1 aromatic carbocycles. The molecule has 1 unspecified atom stereocenters. The fraction of sp³-hybridized carbons (Fsp3) is 0.294. The maximum Gasteiger partial charge on any atom is 0.279 e. The van der Waals surface area contributed by atoms with Crippen molar-refractivity contribution in [3.8, 4) is 0 Å². The number of hydrogen-bond donors (Lipinski definition) is 3. The van der Waals surface area contributed by atoms with Gasteiger partial charge in [-0.05, 0) is 31.2 Å². The standard InChI is InChI=1S/C17H20ClN3O3/c1-12(15-8-5-9-24-15)19-16(22)10-21(2)11-17(23)20-14-7-4-3-6-13(14)18/h3-9,12H,10-11H2,1-2H3,(H,19,22)(H,20,23)/p+1/t12-/m0/s1. The van der Waals surface area contributed by atoms with E-state index in [2.05, 4.69) is 10.6 Å². The van der Waals surface area contributed by atoms with Gasteiger partial charge in [0.1, 0.15) is 5.76 Å². The lowest BCUT2D eigenvalue weighted by atomic mass is 10.2. The molecule has 1 heterocycles. The number of amides is 2. The lowest BCUT2D eigenvalue weighted by molar-refractivity contribution is -0.862. The summed E-state index contributed by atoms with van der Waals surface area (Å²) in [4.78, 5) is 24.8. The van der Waals surface area contributed by atoms with Gasteiger partial charge < -0.3 is 20.0 Å². The molecule has 0 bridgehead atoms. The highest BCUT2D eigenvalue weighted by Gasteiger charge is 2.17. The first-order chi connectivity index (χ1) is 11.5. The Bertz CT molecular complexity index is 688. The van der Waals surface area contributed by atoms with Gasteiger partial charge in [-0.15, -0.1) is 0 Å². The third-order valence-electron chi connectivity index (χ3n) is 3.42. The maximum absolute atomic E-state index is 12.0. The third-order valence-corrected chi connectivity index (χ3v) is 3.75. The number of carbonyl (C=O) groups is 2. The highest BCUT2D eigenvalue weighted by atomic mass is 35.5. The van der Waals surface area contributed by atoms with Crippen molar-refractivity contribution in [1.29, 1.82) is 0 Å². The van der Waals surface area contributed by atoms with Gasteiger partial charge in [0.05, 0.1) is 30.1 Å².